The van der Waals surface area contributed by atoms with Crippen LogP contribution in [0.3, 0.4) is 0 Å². The Balaban J connectivity index is 1.44. The molecular formula is C25H24N4OS. The number of ether oxygens (including phenoxy) is 1. The van der Waals surface area contributed by atoms with Gasteiger partial charge in [0.15, 0.2) is 0 Å². The van der Waals surface area contributed by atoms with E-state index in [1.807, 2.05) is 36.4 Å². The van der Waals surface area contributed by atoms with Crippen molar-refractivity contribution in [2.45, 2.75) is 31.4 Å². The molecule has 0 amide bonds. The Morgan fingerprint density at radius 3 is 2.58 bits per heavy atom. The van der Waals surface area contributed by atoms with Crippen LogP contribution in [-0.4, -0.2) is 21.1 Å². The van der Waals surface area contributed by atoms with Gasteiger partial charge in [0.25, 0.3) is 0 Å². The third-order valence-corrected chi connectivity index (χ3v) is 5.88. The lowest BCUT2D eigenvalue weighted by Gasteiger charge is -2.10. The first-order valence-electron chi connectivity index (χ1n) is 10.1. The summed E-state index contributed by atoms with van der Waals surface area (Å²) in [6.45, 7) is 4.69. The van der Waals surface area contributed by atoms with Gasteiger partial charge in [-0.2, -0.15) is 9.78 Å². The second-order valence-corrected chi connectivity index (χ2v) is 8.17. The first-order valence-corrected chi connectivity index (χ1v) is 11.1. The van der Waals surface area contributed by atoms with Gasteiger partial charge in [0.05, 0.1) is 6.21 Å². The molecule has 1 aromatic heterocycles. The summed E-state index contributed by atoms with van der Waals surface area (Å²) in [6.07, 6.45) is 3.40. The van der Waals surface area contributed by atoms with Gasteiger partial charge < -0.3 is 4.74 Å². The normalized spacial score (nSPS) is 11.2. The molecule has 0 bridgehead atoms. The number of nitrogens with zero attached hydrogens (tertiary/aromatic N) is 4. The third kappa shape index (κ3) is 5.61. The Kier molecular flexibility index (Phi) is 6.79. The second kappa shape index (κ2) is 10.1. The number of thioether (sulfide) groups is 1. The van der Waals surface area contributed by atoms with E-state index < -0.39 is 0 Å². The van der Waals surface area contributed by atoms with Crippen LogP contribution in [-0.2, 0) is 12.4 Å². The Bertz CT molecular complexity index is 1170. The van der Waals surface area contributed by atoms with Crippen LogP contribution in [0.5, 0.6) is 5.75 Å². The second-order valence-electron chi connectivity index (χ2n) is 7.23. The smallest absolute Gasteiger partial charge is 0.212 e. The van der Waals surface area contributed by atoms with E-state index in [9.17, 15) is 0 Å². The van der Waals surface area contributed by atoms with Crippen molar-refractivity contribution in [3.05, 3.63) is 107 Å². The molecule has 0 aliphatic rings. The summed E-state index contributed by atoms with van der Waals surface area (Å²) in [7, 11) is 0. The van der Waals surface area contributed by atoms with Crippen LogP contribution in [0.1, 0.15) is 27.8 Å². The number of aryl methyl sites for hydroxylation is 2. The number of hydrogen-bond acceptors (Lipinski definition) is 5. The predicted octanol–water partition coefficient (Wildman–Crippen LogP) is 5.65. The van der Waals surface area contributed by atoms with Gasteiger partial charge in [-0.25, -0.2) is 0 Å². The van der Waals surface area contributed by atoms with Crippen molar-refractivity contribution >= 4 is 18.0 Å². The average molecular weight is 429 g/mol. The Labute approximate surface area is 186 Å². The highest BCUT2D eigenvalue weighted by molar-refractivity contribution is 7.98. The zero-order chi connectivity index (χ0) is 21.5. The van der Waals surface area contributed by atoms with E-state index >= 15 is 0 Å². The number of aromatic nitrogens is 3. The Hall–Kier alpha value is -3.38. The summed E-state index contributed by atoms with van der Waals surface area (Å²) in [5.74, 6) is 1.60. The van der Waals surface area contributed by atoms with Gasteiger partial charge in [-0.05, 0) is 42.7 Å². The van der Waals surface area contributed by atoms with Crippen LogP contribution in [0.2, 0.25) is 0 Å². The summed E-state index contributed by atoms with van der Waals surface area (Å²) in [4.78, 5) is 0. The van der Waals surface area contributed by atoms with Gasteiger partial charge in [0, 0.05) is 11.3 Å². The first kappa shape index (κ1) is 20.9. The maximum Gasteiger partial charge on any atom is 0.212 e. The highest BCUT2D eigenvalue weighted by Gasteiger charge is 2.06. The molecule has 0 unspecified atom stereocenters. The van der Waals surface area contributed by atoms with Crippen LogP contribution in [0.4, 0.5) is 0 Å². The topological polar surface area (TPSA) is 52.3 Å². The van der Waals surface area contributed by atoms with Crippen molar-refractivity contribution in [3.63, 3.8) is 0 Å². The lowest BCUT2D eigenvalue weighted by molar-refractivity contribution is 0.305. The third-order valence-electron chi connectivity index (χ3n) is 4.87. The molecule has 0 spiro atoms. The molecule has 0 fully saturated rings. The van der Waals surface area contributed by atoms with E-state index in [-0.39, 0.29) is 0 Å². The van der Waals surface area contributed by atoms with Crippen LogP contribution in [0.25, 0.3) is 0 Å². The lowest BCUT2D eigenvalue weighted by atomic mass is 10.1. The fourth-order valence-corrected chi connectivity index (χ4v) is 3.82. The molecule has 5 nitrogen and oxygen atoms in total. The van der Waals surface area contributed by atoms with E-state index in [0.717, 1.165) is 22.2 Å². The van der Waals surface area contributed by atoms with Crippen molar-refractivity contribution in [2.75, 3.05) is 0 Å². The van der Waals surface area contributed by atoms with E-state index in [1.165, 1.54) is 22.3 Å². The summed E-state index contributed by atoms with van der Waals surface area (Å²) in [5, 5.41) is 13.5. The molecule has 1 heterocycles. The summed E-state index contributed by atoms with van der Waals surface area (Å²) in [5.41, 5.74) is 5.78. The molecule has 0 atom stereocenters. The van der Waals surface area contributed by atoms with E-state index in [4.69, 9.17) is 4.74 Å². The molecule has 156 valence electrons. The zero-order valence-electron chi connectivity index (χ0n) is 17.6. The molecule has 0 aliphatic carbocycles. The molecule has 0 aliphatic heterocycles. The van der Waals surface area contributed by atoms with Crippen LogP contribution < -0.4 is 4.74 Å². The van der Waals surface area contributed by atoms with E-state index in [0.29, 0.717) is 6.61 Å². The molecular weight excluding hydrogens is 404 g/mol. The SMILES string of the molecule is Cc1ccc(CSc2nncn2/N=C\c2ccccc2OCc2ccccc2C)cc1. The molecule has 0 saturated heterocycles. The predicted molar refractivity (Wildman–Crippen MR) is 126 cm³/mol. The molecule has 31 heavy (non-hydrogen) atoms. The van der Waals surface area contributed by atoms with Crippen LogP contribution in [0, 0.1) is 13.8 Å². The standard InChI is InChI=1S/C25H24N4OS/c1-19-11-13-21(14-12-19)17-31-25-28-26-18-29(25)27-15-22-8-5-6-10-24(22)30-16-23-9-4-3-7-20(23)2/h3-15,18H,16-17H2,1-2H3/b27-15-. The number of benzene rings is 3. The average Bonchev–Trinajstić information content (AvgIpc) is 3.25. The van der Waals surface area contributed by atoms with Crippen molar-refractivity contribution in [2.24, 2.45) is 5.10 Å². The Morgan fingerprint density at radius 2 is 1.74 bits per heavy atom. The van der Waals surface area contributed by atoms with Crippen molar-refractivity contribution in [1.82, 2.24) is 14.9 Å². The maximum atomic E-state index is 6.08. The maximum absolute atomic E-state index is 6.08. The molecule has 4 rings (SSSR count). The van der Waals surface area contributed by atoms with Gasteiger partial charge in [0.1, 0.15) is 18.7 Å². The van der Waals surface area contributed by atoms with Gasteiger partial charge in [-0.15, -0.1) is 10.2 Å². The van der Waals surface area contributed by atoms with Crippen LogP contribution in [0.15, 0.2) is 89.4 Å². The molecule has 3 aromatic carbocycles. The van der Waals surface area contributed by atoms with Gasteiger partial charge in [-0.1, -0.05) is 78.0 Å². The van der Waals surface area contributed by atoms with Gasteiger partial charge >= 0.3 is 0 Å². The molecule has 0 N–H and O–H groups in total. The molecule has 6 heteroatoms. The van der Waals surface area contributed by atoms with E-state index in [2.05, 4.69) is 65.5 Å². The summed E-state index contributed by atoms with van der Waals surface area (Å²) in [6, 6.07) is 24.6. The highest BCUT2D eigenvalue weighted by Crippen LogP contribution is 2.22. The fourth-order valence-electron chi connectivity index (χ4n) is 3.00. The zero-order valence-corrected chi connectivity index (χ0v) is 18.4. The van der Waals surface area contributed by atoms with Crippen molar-refractivity contribution in [1.29, 1.82) is 0 Å². The fraction of sp³-hybridized carbons (Fsp3) is 0.160. The molecule has 0 radical (unpaired) electrons. The summed E-state index contributed by atoms with van der Waals surface area (Å²) < 4.78 is 7.77. The van der Waals surface area contributed by atoms with Gasteiger partial charge in [0.2, 0.25) is 5.16 Å². The monoisotopic (exact) mass is 428 g/mol. The minimum atomic E-state index is 0.516. The summed E-state index contributed by atoms with van der Waals surface area (Å²) >= 11 is 1.61. The Morgan fingerprint density at radius 1 is 0.968 bits per heavy atom. The van der Waals surface area contributed by atoms with Crippen molar-refractivity contribution < 1.29 is 4.74 Å². The number of rotatable bonds is 8. The van der Waals surface area contributed by atoms with E-state index in [1.54, 1.807) is 29.0 Å². The quantitative estimate of drug-likeness (QED) is 0.269. The minimum absolute atomic E-state index is 0.516. The largest absolute Gasteiger partial charge is 0.488 e. The van der Waals surface area contributed by atoms with Crippen LogP contribution >= 0.6 is 11.8 Å². The van der Waals surface area contributed by atoms with Gasteiger partial charge in [-0.3, -0.25) is 0 Å². The first-order chi connectivity index (χ1) is 15.2. The highest BCUT2D eigenvalue weighted by atomic mass is 32.2. The number of hydrogen-bond donors (Lipinski definition) is 0. The molecule has 0 saturated carbocycles. The minimum Gasteiger partial charge on any atom is -0.488 e. The molecule has 4 aromatic rings. The lowest BCUT2D eigenvalue weighted by Crippen LogP contribution is -2.00. The number of para-hydroxylation sites is 1. The van der Waals surface area contributed by atoms with Crippen molar-refractivity contribution in [3.8, 4) is 5.75 Å².